The summed E-state index contributed by atoms with van der Waals surface area (Å²) in [5.41, 5.74) is 1.96. The molecule has 0 aliphatic heterocycles. The molecule has 1 aromatic heterocycles. The van der Waals surface area contributed by atoms with Gasteiger partial charge in [0.25, 0.3) is 0 Å². The summed E-state index contributed by atoms with van der Waals surface area (Å²) in [6, 6.07) is 7.70. The minimum atomic E-state index is -0.401. The third-order valence-electron chi connectivity index (χ3n) is 2.87. The third-order valence-corrected chi connectivity index (χ3v) is 2.87. The Hall–Kier alpha value is -2.23. The number of pyridine rings is 1. The van der Waals surface area contributed by atoms with Crippen LogP contribution in [0.2, 0.25) is 0 Å². The van der Waals surface area contributed by atoms with Gasteiger partial charge in [0.15, 0.2) is 5.78 Å². The van der Waals surface area contributed by atoms with Crippen molar-refractivity contribution < 1.29 is 13.9 Å². The van der Waals surface area contributed by atoms with Gasteiger partial charge in [-0.05, 0) is 30.2 Å². The summed E-state index contributed by atoms with van der Waals surface area (Å²) in [5.74, 6) is -0.0242. The number of ether oxygens (including phenoxy) is 1. The van der Waals surface area contributed by atoms with Gasteiger partial charge in [-0.1, -0.05) is 12.1 Å². The average molecular weight is 259 g/mol. The minimum Gasteiger partial charge on any atom is -0.481 e. The van der Waals surface area contributed by atoms with Gasteiger partial charge in [0.05, 0.1) is 7.11 Å². The number of halogens is 1. The topological polar surface area (TPSA) is 39.2 Å². The standard InChI is InChI=1S/C15H14FNO2/c1-10-3-5-12(16)8-13(10)14(18)7-11-4-6-15(19-2)17-9-11/h3-6,8-9H,7H2,1-2H3. The minimum absolute atomic E-state index is 0.121. The lowest BCUT2D eigenvalue weighted by molar-refractivity contribution is 0.0992. The fraction of sp³-hybridized carbons (Fsp3) is 0.200. The first-order chi connectivity index (χ1) is 9.10. The Bertz CT molecular complexity index is 594. The molecule has 0 unspecified atom stereocenters. The van der Waals surface area contributed by atoms with E-state index in [1.807, 2.05) is 0 Å². The number of nitrogens with zero attached hydrogens (tertiary/aromatic N) is 1. The molecule has 0 bridgehead atoms. The van der Waals surface area contributed by atoms with Gasteiger partial charge in [0.2, 0.25) is 5.88 Å². The lowest BCUT2D eigenvalue weighted by atomic mass is 10.00. The Balaban J connectivity index is 2.18. The number of hydrogen-bond donors (Lipinski definition) is 0. The molecule has 0 spiro atoms. The number of aromatic nitrogens is 1. The normalized spacial score (nSPS) is 10.3. The van der Waals surface area contributed by atoms with Crippen LogP contribution in [0.25, 0.3) is 0 Å². The highest BCUT2D eigenvalue weighted by Gasteiger charge is 2.11. The second kappa shape index (κ2) is 5.61. The van der Waals surface area contributed by atoms with E-state index in [2.05, 4.69) is 4.98 Å². The number of methoxy groups -OCH3 is 1. The van der Waals surface area contributed by atoms with E-state index in [0.29, 0.717) is 11.4 Å². The number of benzene rings is 1. The van der Waals surface area contributed by atoms with E-state index in [4.69, 9.17) is 4.74 Å². The molecule has 0 saturated carbocycles. The highest BCUT2D eigenvalue weighted by Crippen LogP contribution is 2.14. The van der Waals surface area contributed by atoms with Crippen molar-refractivity contribution >= 4 is 5.78 Å². The number of carbonyl (C=O) groups is 1. The molecule has 1 heterocycles. The summed E-state index contributed by atoms with van der Waals surface area (Å²) in [5, 5.41) is 0. The Morgan fingerprint density at radius 3 is 2.74 bits per heavy atom. The maximum atomic E-state index is 13.2. The molecule has 2 rings (SSSR count). The molecule has 0 saturated heterocycles. The lowest BCUT2D eigenvalue weighted by Gasteiger charge is -2.05. The van der Waals surface area contributed by atoms with Crippen LogP contribution < -0.4 is 4.74 Å². The summed E-state index contributed by atoms with van der Waals surface area (Å²) in [4.78, 5) is 16.2. The number of aryl methyl sites for hydroxylation is 1. The first kappa shape index (κ1) is 13.2. The second-order valence-electron chi connectivity index (χ2n) is 4.27. The van der Waals surface area contributed by atoms with Crippen LogP contribution in [0.4, 0.5) is 4.39 Å². The molecule has 1 aromatic carbocycles. The van der Waals surface area contributed by atoms with E-state index in [1.165, 1.54) is 19.2 Å². The third kappa shape index (κ3) is 3.16. The van der Waals surface area contributed by atoms with Crippen molar-refractivity contribution in [3.63, 3.8) is 0 Å². The molecule has 0 fully saturated rings. The van der Waals surface area contributed by atoms with Crippen LogP contribution in [0.5, 0.6) is 5.88 Å². The molecule has 0 N–H and O–H groups in total. The van der Waals surface area contributed by atoms with Crippen LogP contribution in [0, 0.1) is 12.7 Å². The zero-order chi connectivity index (χ0) is 13.8. The number of ketones is 1. The molecule has 3 nitrogen and oxygen atoms in total. The molecular formula is C15H14FNO2. The van der Waals surface area contributed by atoms with E-state index >= 15 is 0 Å². The maximum absolute atomic E-state index is 13.2. The molecule has 0 radical (unpaired) electrons. The summed E-state index contributed by atoms with van der Waals surface area (Å²) in [7, 11) is 1.53. The fourth-order valence-electron chi connectivity index (χ4n) is 1.81. The number of rotatable bonds is 4. The van der Waals surface area contributed by atoms with Crippen molar-refractivity contribution in [2.45, 2.75) is 13.3 Å². The van der Waals surface area contributed by atoms with Crippen LogP contribution in [0.15, 0.2) is 36.5 Å². The van der Waals surface area contributed by atoms with Crippen LogP contribution in [0.1, 0.15) is 21.5 Å². The number of hydrogen-bond acceptors (Lipinski definition) is 3. The van der Waals surface area contributed by atoms with Gasteiger partial charge in [0, 0.05) is 24.2 Å². The van der Waals surface area contributed by atoms with E-state index < -0.39 is 5.82 Å². The Labute approximate surface area is 111 Å². The second-order valence-corrected chi connectivity index (χ2v) is 4.27. The van der Waals surface area contributed by atoms with Gasteiger partial charge >= 0.3 is 0 Å². The van der Waals surface area contributed by atoms with Gasteiger partial charge in [0.1, 0.15) is 5.82 Å². The molecule has 4 heteroatoms. The van der Waals surface area contributed by atoms with Crippen molar-refractivity contribution in [3.8, 4) is 5.88 Å². The van der Waals surface area contributed by atoms with Crippen LogP contribution >= 0.6 is 0 Å². The van der Waals surface area contributed by atoms with Crippen molar-refractivity contribution in [2.75, 3.05) is 7.11 Å². The molecule has 0 amide bonds. The van der Waals surface area contributed by atoms with E-state index in [0.717, 1.165) is 11.1 Å². The largest absolute Gasteiger partial charge is 0.481 e. The summed E-state index contributed by atoms with van der Waals surface area (Å²) >= 11 is 0. The van der Waals surface area contributed by atoms with E-state index in [-0.39, 0.29) is 12.2 Å². The van der Waals surface area contributed by atoms with Gasteiger partial charge in [-0.2, -0.15) is 0 Å². The zero-order valence-corrected chi connectivity index (χ0v) is 10.8. The van der Waals surface area contributed by atoms with Crippen molar-refractivity contribution in [3.05, 3.63) is 59.0 Å². The molecule has 2 aromatic rings. The van der Waals surface area contributed by atoms with Crippen LogP contribution in [-0.2, 0) is 6.42 Å². The fourth-order valence-corrected chi connectivity index (χ4v) is 1.81. The van der Waals surface area contributed by atoms with Crippen LogP contribution in [0.3, 0.4) is 0 Å². The highest BCUT2D eigenvalue weighted by molar-refractivity contribution is 5.98. The summed E-state index contributed by atoms with van der Waals surface area (Å²) in [6.07, 6.45) is 1.78. The number of Topliss-reactive ketones (excluding diaryl/α,β-unsaturated/α-hetero) is 1. The molecule has 0 atom stereocenters. The highest BCUT2D eigenvalue weighted by atomic mass is 19.1. The van der Waals surface area contributed by atoms with Gasteiger partial charge in [-0.15, -0.1) is 0 Å². The first-order valence-corrected chi connectivity index (χ1v) is 5.88. The van der Waals surface area contributed by atoms with Crippen molar-refractivity contribution in [2.24, 2.45) is 0 Å². The average Bonchev–Trinajstić information content (AvgIpc) is 2.42. The SMILES string of the molecule is COc1ccc(CC(=O)c2cc(F)ccc2C)cn1. The monoisotopic (exact) mass is 259 g/mol. The molecule has 0 aliphatic carbocycles. The lowest BCUT2D eigenvalue weighted by Crippen LogP contribution is -2.06. The van der Waals surface area contributed by atoms with Gasteiger partial charge < -0.3 is 4.74 Å². The Morgan fingerprint density at radius 1 is 1.32 bits per heavy atom. The Morgan fingerprint density at radius 2 is 2.11 bits per heavy atom. The van der Waals surface area contributed by atoms with E-state index in [9.17, 15) is 9.18 Å². The van der Waals surface area contributed by atoms with Crippen molar-refractivity contribution in [1.82, 2.24) is 4.98 Å². The quantitative estimate of drug-likeness (QED) is 0.792. The predicted molar refractivity (Wildman–Crippen MR) is 70.0 cm³/mol. The van der Waals surface area contributed by atoms with E-state index in [1.54, 1.807) is 31.3 Å². The summed E-state index contributed by atoms with van der Waals surface area (Å²) in [6.45, 7) is 1.79. The molecule has 19 heavy (non-hydrogen) atoms. The predicted octanol–water partition coefficient (Wildman–Crippen LogP) is 2.96. The smallest absolute Gasteiger partial charge is 0.212 e. The van der Waals surface area contributed by atoms with Crippen molar-refractivity contribution in [1.29, 1.82) is 0 Å². The summed E-state index contributed by atoms with van der Waals surface area (Å²) < 4.78 is 18.1. The van der Waals surface area contributed by atoms with Gasteiger partial charge in [-0.25, -0.2) is 9.37 Å². The number of carbonyl (C=O) groups excluding carboxylic acids is 1. The first-order valence-electron chi connectivity index (χ1n) is 5.88. The zero-order valence-electron chi connectivity index (χ0n) is 10.8. The van der Waals surface area contributed by atoms with Crippen LogP contribution in [-0.4, -0.2) is 17.9 Å². The molecule has 98 valence electrons. The Kier molecular flexibility index (Phi) is 3.90. The maximum Gasteiger partial charge on any atom is 0.212 e. The van der Waals surface area contributed by atoms with Gasteiger partial charge in [-0.3, -0.25) is 4.79 Å². The molecular weight excluding hydrogens is 245 g/mol. The molecule has 0 aliphatic rings.